The summed E-state index contributed by atoms with van der Waals surface area (Å²) in [6.07, 6.45) is 0. The summed E-state index contributed by atoms with van der Waals surface area (Å²) in [4.78, 5) is 0. The molecule has 7 heteroatoms. The van der Waals surface area contributed by atoms with Crippen molar-refractivity contribution in [2.45, 2.75) is 5.75 Å². The van der Waals surface area contributed by atoms with Gasteiger partial charge in [-0.1, -0.05) is 11.6 Å². The van der Waals surface area contributed by atoms with Gasteiger partial charge in [-0.3, -0.25) is 0 Å². The number of rotatable bonds is 2. The predicted octanol–water partition coefficient (Wildman–Crippen LogP) is 0.900. The van der Waals surface area contributed by atoms with E-state index in [-0.39, 0.29) is 5.75 Å². The van der Waals surface area contributed by atoms with E-state index in [1.165, 1.54) is 6.07 Å². The normalized spacial score (nSPS) is 14.9. The number of sulfonamides is 1. The van der Waals surface area contributed by atoms with Crippen LogP contribution in [0, 0.1) is 0 Å². The van der Waals surface area contributed by atoms with Crippen molar-refractivity contribution in [1.82, 2.24) is 0 Å². The number of nitrogens with two attached hydrogens (primary N) is 1. The van der Waals surface area contributed by atoms with Crippen LogP contribution in [0.25, 0.3) is 0 Å². The average Bonchev–Trinajstić information content (AvgIpc) is 2.15. The van der Waals surface area contributed by atoms with E-state index in [4.69, 9.17) is 26.2 Å². The minimum Gasteiger partial charge on any atom is -0.486 e. The molecule has 88 valence electrons. The molecule has 16 heavy (non-hydrogen) atoms. The fourth-order valence-corrected chi connectivity index (χ4v) is 2.40. The SMILES string of the molecule is NS(=O)(=O)Cc1cc(Cl)c2c(c1)OCCO2. The molecular formula is C9H10ClNO4S. The summed E-state index contributed by atoms with van der Waals surface area (Å²) < 4.78 is 32.5. The average molecular weight is 264 g/mol. The van der Waals surface area contributed by atoms with Gasteiger partial charge in [-0.05, 0) is 17.7 Å². The smallest absolute Gasteiger partial charge is 0.213 e. The number of hydrogen-bond donors (Lipinski definition) is 1. The van der Waals surface area contributed by atoms with Crippen molar-refractivity contribution in [3.63, 3.8) is 0 Å². The molecule has 0 spiro atoms. The maximum Gasteiger partial charge on any atom is 0.213 e. The van der Waals surface area contributed by atoms with Crippen LogP contribution in [0.15, 0.2) is 12.1 Å². The van der Waals surface area contributed by atoms with Crippen LogP contribution >= 0.6 is 11.6 Å². The van der Waals surface area contributed by atoms with Crippen molar-refractivity contribution in [2.24, 2.45) is 5.14 Å². The molecule has 1 aromatic rings. The molecule has 0 bridgehead atoms. The Kier molecular flexibility index (Phi) is 2.96. The van der Waals surface area contributed by atoms with E-state index in [9.17, 15) is 8.42 Å². The predicted molar refractivity (Wildman–Crippen MR) is 59.3 cm³/mol. The second kappa shape index (κ2) is 4.12. The van der Waals surface area contributed by atoms with E-state index >= 15 is 0 Å². The first kappa shape index (κ1) is 11.5. The molecule has 1 aliphatic rings. The monoisotopic (exact) mass is 263 g/mol. The van der Waals surface area contributed by atoms with Crippen LogP contribution in [0.4, 0.5) is 0 Å². The van der Waals surface area contributed by atoms with E-state index < -0.39 is 10.0 Å². The zero-order valence-electron chi connectivity index (χ0n) is 8.27. The largest absolute Gasteiger partial charge is 0.486 e. The van der Waals surface area contributed by atoms with E-state index in [1.807, 2.05) is 0 Å². The minimum absolute atomic E-state index is 0.274. The molecule has 0 radical (unpaired) electrons. The van der Waals surface area contributed by atoms with Gasteiger partial charge in [0, 0.05) is 0 Å². The standard InChI is InChI=1S/C9H10ClNO4S/c10-7-3-6(5-16(11,12)13)4-8-9(7)15-2-1-14-8/h3-4H,1-2,5H2,(H2,11,12,13). The molecular weight excluding hydrogens is 254 g/mol. The summed E-state index contributed by atoms with van der Waals surface area (Å²) in [6, 6.07) is 3.09. The first-order valence-corrected chi connectivity index (χ1v) is 6.63. The van der Waals surface area contributed by atoms with E-state index in [0.717, 1.165) is 0 Å². The Morgan fingerprint density at radius 1 is 1.31 bits per heavy atom. The van der Waals surface area contributed by atoms with E-state index in [2.05, 4.69) is 0 Å². The first-order valence-electron chi connectivity index (χ1n) is 4.54. The first-order chi connectivity index (χ1) is 7.46. The quantitative estimate of drug-likeness (QED) is 0.860. The van der Waals surface area contributed by atoms with Crippen LogP contribution in [0.1, 0.15) is 5.56 Å². The summed E-state index contributed by atoms with van der Waals surface area (Å²) in [7, 11) is -3.58. The Morgan fingerprint density at radius 2 is 2.00 bits per heavy atom. The minimum atomic E-state index is -3.58. The lowest BCUT2D eigenvalue weighted by molar-refractivity contribution is 0.171. The highest BCUT2D eigenvalue weighted by Gasteiger charge is 2.18. The molecule has 0 aliphatic carbocycles. The second-order valence-corrected chi connectivity index (χ2v) is 5.43. The van der Waals surface area contributed by atoms with Gasteiger partial charge in [-0.2, -0.15) is 0 Å². The molecule has 2 N–H and O–H groups in total. The third-order valence-electron chi connectivity index (χ3n) is 2.02. The molecule has 0 fully saturated rings. The zero-order chi connectivity index (χ0) is 11.8. The van der Waals surface area contributed by atoms with Gasteiger partial charge in [0.05, 0.1) is 10.8 Å². The molecule has 0 amide bonds. The fraction of sp³-hybridized carbons (Fsp3) is 0.333. The van der Waals surface area contributed by atoms with Crippen molar-refractivity contribution >= 4 is 21.6 Å². The summed E-state index contributed by atoms with van der Waals surface area (Å²) in [5.41, 5.74) is 0.483. The number of ether oxygens (including phenoxy) is 2. The summed E-state index contributed by atoms with van der Waals surface area (Å²) >= 11 is 5.94. The van der Waals surface area contributed by atoms with Crippen LogP contribution in [-0.4, -0.2) is 21.6 Å². The number of benzene rings is 1. The van der Waals surface area contributed by atoms with Gasteiger partial charge in [0.25, 0.3) is 0 Å². The van der Waals surface area contributed by atoms with Crippen LogP contribution in [0.2, 0.25) is 5.02 Å². The van der Waals surface area contributed by atoms with Gasteiger partial charge in [0.2, 0.25) is 10.0 Å². The fourth-order valence-electron chi connectivity index (χ4n) is 1.48. The topological polar surface area (TPSA) is 78.6 Å². The number of primary sulfonamides is 1. The number of hydrogen-bond acceptors (Lipinski definition) is 4. The number of halogens is 1. The Labute approximate surface area is 98.2 Å². The number of fused-ring (bicyclic) bond motifs is 1. The molecule has 1 heterocycles. The zero-order valence-corrected chi connectivity index (χ0v) is 9.85. The maximum atomic E-state index is 10.9. The van der Waals surface area contributed by atoms with Crippen molar-refractivity contribution < 1.29 is 17.9 Å². The Bertz CT molecular complexity index is 514. The van der Waals surface area contributed by atoms with Crippen LogP contribution < -0.4 is 14.6 Å². The van der Waals surface area contributed by atoms with E-state index in [0.29, 0.717) is 35.3 Å². The molecule has 5 nitrogen and oxygen atoms in total. The van der Waals surface area contributed by atoms with Crippen molar-refractivity contribution in [3.8, 4) is 11.5 Å². The van der Waals surface area contributed by atoms with Gasteiger partial charge in [0.1, 0.15) is 13.2 Å². The molecule has 1 aliphatic heterocycles. The van der Waals surface area contributed by atoms with Gasteiger partial charge in [0.15, 0.2) is 11.5 Å². The third kappa shape index (κ3) is 2.58. The lowest BCUT2D eigenvalue weighted by Crippen LogP contribution is -2.17. The second-order valence-electron chi connectivity index (χ2n) is 3.41. The highest BCUT2D eigenvalue weighted by atomic mass is 35.5. The van der Waals surface area contributed by atoms with Crippen LogP contribution in [-0.2, 0) is 15.8 Å². The van der Waals surface area contributed by atoms with Gasteiger partial charge >= 0.3 is 0 Å². The van der Waals surface area contributed by atoms with Gasteiger partial charge < -0.3 is 9.47 Å². The molecule has 2 rings (SSSR count). The molecule has 0 aromatic heterocycles. The lowest BCUT2D eigenvalue weighted by Gasteiger charge is -2.20. The lowest BCUT2D eigenvalue weighted by atomic mass is 10.2. The van der Waals surface area contributed by atoms with Crippen molar-refractivity contribution in [1.29, 1.82) is 0 Å². The van der Waals surface area contributed by atoms with Crippen molar-refractivity contribution in [2.75, 3.05) is 13.2 Å². The highest BCUT2D eigenvalue weighted by molar-refractivity contribution is 7.88. The van der Waals surface area contributed by atoms with Gasteiger partial charge in [-0.15, -0.1) is 0 Å². The third-order valence-corrected chi connectivity index (χ3v) is 3.04. The van der Waals surface area contributed by atoms with E-state index in [1.54, 1.807) is 6.07 Å². The van der Waals surface area contributed by atoms with Crippen LogP contribution in [0.3, 0.4) is 0 Å². The summed E-state index contributed by atoms with van der Waals surface area (Å²) in [6.45, 7) is 0.851. The maximum absolute atomic E-state index is 10.9. The summed E-state index contributed by atoms with van der Waals surface area (Å²) in [5.74, 6) is 0.632. The molecule has 0 saturated heterocycles. The Hall–Kier alpha value is -0.980. The Balaban J connectivity index is 2.39. The van der Waals surface area contributed by atoms with Gasteiger partial charge in [-0.25, -0.2) is 13.6 Å². The molecule has 0 unspecified atom stereocenters. The summed E-state index contributed by atoms with van der Waals surface area (Å²) in [5, 5.41) is 5.28. The molecule has 0 saturated carbocycles. The molecule has 1 aromatic carbocycles. The van der Waals surface area contributed by atoms with Crippen LogP contribution in [0.5, 0.6) is 11.5 Å². The Morgan fingerprint density at radius 3 is 2.69 bits per heavy atom. The highest BCUT2D eigenvalue weighted by Crippen LogP contribution is 2.38. The van der Waals surface area contributed by atoms with Crippen molar-refractivity contribution in [3.05, 3.63) is 22.7 Å². The molecule has 0 atom stereocenters.